The van der Waals surface area contributed by atoms with Crippen LogP contribution in [0.2, 0.25) is 0 Å². The fourth-order valence-electron chi connectivity index (χ4n) is 2.74. The van der Waals surface area contributed by atoms with Crippen LogP contribution in [0.4, 0.5) is 0 Å². The molecular formula is C19H15N3OS. The average Bonchev–Trinajstić information content (AvgIpc) is 3.13. The predicted octanol–water partition coefficient (Wildman–Crippen LogP) is 4.21. The molecule has 1 aromatic carbocycles. The fraction of sp³-hybridized carbons (Fsp3) is 0.105. The molecular weight excluding hydrogens is 318 g/mol. The van der Waals surface area contributed by atoms with E-state index in [1.807, 2.05) is 55.5 Å². The van der Waals surface area contributed by atoms with Crippen LogP contribution in [0, 0.1) is 0 Å². The van der Waals surface area contributed by atoms with Crippen molar-refractivity contribution in [1.29, 1.82) is 0 Å². The number of rotatable bonds is 3. The summed E-state index contributed by atoms with van der Waals surface area (Å²) >= 11 is 1.64. The monoisotopic (exact) mass is 333 g/mol. The lowest BCUT2D eigenvalue weighted by molar-refractivity contribution is 0.627. The minimum absolute atomic E-state index is 0.0432. The van der Waals surface area contributed by atoms with Crippen molar-refractivity contribution in [3.05, 3.63) is 71.1 Å². The Labute approximate surface area is 143 Å². The molecule has 0 aliphatic heterocycles. The Bertz CT molecular complexity index is 1070. The van der Waals surface area contributed by atoms with Gasteiger partial charge < -0.3 is 0 Å². The van der Waals surface area contributed by atoms with E-state index in [4.69, 9.17) is 0 Å². The normalized spacial score (nSPS) is 11.0. The van der Waals surface area contributed by atoms with Gasteiger partial charge in [0.15, 0.2) is 0 Å². The standard InChI is InChI=1S/C19H15N3OS/c1-2-22-19(23)14-8-4-3-7-13(14)18(21-22)17-11-10-16(24-17)15-9-5-6-12-20-15/h3-12H,2H2,1H3. The zero-order chi connectivity index (χ0) is 16.5. The first-order valence-corrected chi connectivity index (χ1v) is 8.61. The maximum absolute atomic E-state index is 12.5. The number of hydrogen-bond donors (Lipinski definition) is 0. The van der Waals surface area contributed by atoms with Gasteiger partial charge in [0.25, 0.3) is 5.56 Å². The molecule has 24 heavy (non-hydrogen) atoms. The summed E-state index contributed by atoms with van der Waals surface area (Å²) in [4.78, 5) is 19.0. The molecule has 0 aliphatic carbocycles. The SMILES string of the molecule is CCn1nc(-c2ccc(-c3ccccn3)s2)c2ccccc2c1=O. The van der Waals surface area contributed by atoms with Crippen LogP contribution in [0.3, 0.4) is 0 Å². The van der Waals surface area contributed by atoms with Gasteiger partial charge in [0, 0.05) is 18.1 Å². The number of benzene rings is 1. The Morgan fingerprint density at radius 1 is 0.958 bits per heavy atom. The molecule has 0 spiro atoms. The second-order valence-corrected chi connectivity index (χ2v) is 6.48. The van der Waals surface area contributed by atoms with Gasteiger partial charge in [-0.1, -0.05) is 24.3 Å². The summed E-state index contributed by atoms with van der Waals surface area (Å²) in [5.41, 5.74) is 1.75. The van der Waals surface area contributed by atoms with E-state index < -0.39 is 0 Å². The first-order valence-electron chi connectivity index (χ1n) is 7.79. The van der Waals surface area contributed by atoms with Crippen molar-refractivity contribution in [2.75, 3.05) is 0 Å². The Morgan fingerprint density at radius 2 is 1.71 bits per heavy atom. The molecule has 0 amide bonds. The van der Waals surface area contributed by atoms with Crippen molar-refractivity contribution in [3.63, 3.8) is 0 Å². The van der Waals surface area contributed by atoms with E-state index in [1.165, 1.54) is 4.68 Å². The molecule has 3 aromatic heterocycles. The molecule has 5 heteroatoms. The van der Waals surface area contributed by atoms with Crippen molar-refractivity contribution in [1.82, 2.24) is 14.8 Å². The second kappa shape index (κ2) is 6.02. The van der Waals surface area contributed by atoms with E-state index in [0.717, 1.165) is 26.5 Å². The molecule has 118 valence electrons. The third-order valence-corrected chi connectivity index (χ3v) is 5.04. The molecule has 3 heterocycles. The molecule has 4 aromatic rings. The van der Waals surface area contributed by atoms with E-state index in [1.54, 1.807) is 17.5 Å². The summed E-state index contributed by atoms with van der Waals surface area (Å²) in [5.74, 6) is 0. The maximum Gasteiger partial charge on any atom is 0.274 e. The van der Waals surface area contributed by atoms with Crippen LogP contribution >= 0.6 is 11.3 Å². The van der Waals surface area contributed by atoms with E-state index in [2.05, 4.69) is 16.1 Å². The summed E-state index contributed by atoms with van der Waals surface area (Å²) in [5, 5.41) is 6.19. The topological polar surface area (TPSA) is 47.8 Å². The minimum Gasteiger partial charge on any atom is -0.267 e. The van der Waals surface area contributed by atoms with Gasteiger partial charge in [-0.15, -0.1) is 11.3 Å². The molecule has 0 aliphatic rings. The molecule has 0 saturated heterocycles. The maximum atomic E-state index is 12.5. The highest BCUT2D eigenvalue weighted by Gasteiger charge is 2.14. The number of fused-ring (bicyclic) bond motifs is 1. The molecule has 0 bridgehead atoms. The van der Waals surface area contributed by atoms with Gasteiger partial charge in [-0.3, -0.25) is 9.78 Å². The Hall–Kier alpha value is -2.79. The van der Waals surface area contributed by atoms with Gasteiger partial charge in [-0.25, -0.2) is 4.68 Å². The number of thiophene rings is 1. The molecule has 4 rings (SSSR count). The van der Waals surface area contributed by atoms with Crippen molar-refractivity contribution >= 4 is 22.1 Å². The van der Waals surface area contributed by atoms with Crippen LogP contribution in [-0.4, -0.2) is 14.8 Å². The van der Waals surface area contributed by atoms with Crippen LogP contribution in [0.5, 0.6) is 0 Å². The summed E-state index contributed by atoms with van der Waals surface area (Å²) in [6.07, 6.45) is 1.79. The van der Waals surface area contributed by atoms with Gasteiger partial charge in [-0.05, 0) is 37.3 Å². The minimum atomic E-state index is -0.0432. The average molecular weight is 333 g/mol. The lowest BCUT2D eigenvalue weighted by atomic mass is 10.1. The van der Waals surface area contributed by atoms with Crippen molar-refractivity contribution in [2.45, 2.75) is 13.5 Å². The lowest BCUT2D eigenvalue weighted by Crippen LogP contribution is -2.22. The number of pyridine rings is 1. The highest BCUT2D eigenvalue weighted by Crippen LogP contribution is 2.35. The van der Waals surface area contributed by atoms with Crippen molar-refractivity contribution < 1.29 is 0 Å². The quantitative estimate of drug-likeness (QED) is 0.564. The van der Waals surface area contributed by atoms with Gasteiger partial charge in [-0.2, -0.15) is 5.10 Å². The molecule has 0 fully saturated rings. The van der Waals surface area contributed by atoms with Gasteiger partial charge in [0.1, 0.15) is 5.69 Å². The first-order chi connectivity index (χ1) is 11.8. The fourth-order valence-corrected chi connectivity index (χ4v) is 3.72. The van der Waals surface area contributed by atoms with E-state index >= 15 is 0 Å². The summed E-state index contributed by atoms with van der Waals surface area (Å²) in [7, 11) is 0. The first kappa shape index (κ1) is 14.8. The smallest absolute Gasteiger partial charge is 0.267 e. The predicted molar refractivity (Wildman–Crippen MR) is 98.2 cm³/mol. The van der Waals surface area contributed by atoms with Gasteiger partial charge in [0.2, 0.25) is 0 Å². The Morgan fingerprint density at radius 3 is 2.46 bits per heavy atom. The van der Waals surface area contributed by atoms with Crippen molar-refractivity contribution in [3.8, 4) is 21.1 Å². The van der Waals surface area contributed by atoms with Crippen LogP contribution in [0.1, 0.15) is 6.92 Å². The molecule has 4 nitrogen and oxygen atoms in total. The molecule has 0 atom stereocenters. The Balaban J connectivity index is 1.93. The van der Waals surface area contributed by atoms with E-state index in [0.29, 0.717) is 11.9 Å². The van der Waals surface area contributed by atoms with E-state index in [-0.39, 0.29) is 5.56 Å². The lowest BCUT2D eigenvalue weighted by Gasteiger charge is -2.08. The summed E-state index contributed by atoms with van der Waals surface area (Å²) in [6, 6.07) is 17.6. The highest BCUT2D eigenvalue weighted by molar-refractivity contribution is 7.18. The number of aryl methyl sites for hydroxylation is 1. The Kier molecular flexibility index (Phi) is 3.70. The number of aromatic nitrogens is 3. The molecule has 0 unspecified atom stereocenters. The highest BCUT2D eigenvalue weighted by atomic mass is 32.1. The zero-order valence-corrected chi connectivity index (χ0v) is 14.0. The second-order valence-electron chi connectivity index (χ2n) is 5.39. The zero-order valence-electron chi connectivity index (χ0n) is 13.1. The third kappa shape index (κ3) is 2.43. The van der Waals surface area contributed by atoms with Crippen molar-refractivity contribution in [2.24, 2.45) is 0 Å². The van der Waals surface area contributed by atoms with Crippen LogP contribution in [-0.2, 0) is 6.54 Å². The summed E-state index contributed by atoms with van der Waals surface area (Å²) in [6.45, 7) is 2.48. The summed E-state index contributed by atoms with van der Waals surface area (Å²) < 4.78 is 1.53. The van der Waals surface area contributed by atoms with E-state index in [9.17, 15) is 4.79 Å². The van der Waals surface area contributed by atoms with Gasteiger partial charge >= 0.3 is 0 Å². The van der Waals surface area contributed by atoms with Crippen LogP contribution < -0.4 is 5.56 Å². The number of nitrogens with zero attached hydrogens (tertiary/aromatic N) is 3. The largest absolute Gasteiger partial charge is 0.274 e. The third-order valence-electron chi connectivity index (χ3n) is 3.92. The molecule has 0 N–H and O–H groups in total. The van der Waals surface area contributed by atoms with Gasteiger partial charge in [0.05, 0.1) is 20.8 Å². The van der Waals surface area contributed by atoms with Crippen LogP contribution in [0.15, 0.2) is 65.6 Å². The molecule has 0 saturated carbocycles. The molecule has 0 radical (unpaired) electrons. The van der Waals surface area contributed by atoms with Crippen LogP contribution in [0.25, 0.3) is 31.9 Å². The number of hydrogen-bond acceptors (Lipinski definition) is 4.